The number of nitrogens with zero attached hydrogens (tertiary/aromatic N) is 2. The molecule has 3 rings (SSSR count). The minimum atomic E-state index is -3.62. The zero-order valence-corrected chi connectivity index (χ0v) is 13.2. The van der Waals surface area contributed by atoms with Gasteiger partial charge in [0.2, 0.25) is 0 Å². The van der Waals surface area contributed by atoms with Gasteiger partial charge in [0.15, 0.2) is 9.84 Å². The van der Waals surface area contributed by atoms with Crippen molar-refractivity contribution in [2.24, 2.45) is 0 Å². The van der Waals surface area contributed by atoms with Crippen LogP contribution in [0.3, 0.4) is 0 Å². The molecule has 0 saturated carbocycles. The second kappa shape index (κ2) is 5.85. The van der Waals surface area contributed by atoms with E-state index in [1.807, 2.05) is 0 Å². The summed E-state index contributed by atoms with van der Waals surface area (Å²) in [5.41, 5.74) is 0.311. The van der Waals surface area contributed by atoms with E-state index < -0.39 is 9.84 Å². The number of ether oxygens (including phenoxy) is 1. The second-order valence-electron chi connectivity index (χ2n) is 4.95. The Morgan fingerprint density at radius 3 is 2.74 bits per heavy atom. The summed E-state index contributed by atoms with van der Waals surface area (Å²) >= 11 is 0. The van der Waals surface area contributed by atoms with Gasteiger partial charge in [-0.05, 0) is 30.3 Å². The molecule has 6 nitrogen and oxygen atoms in total. The SMILES string of the molecule is COc1cccc(S(=O)(=O)Cc2cc(=O)n3ccccc3n2)c1. The Morgan fingerprint density at radius 2 is 1.96 bits per heavy atom. The molecule has 0 bridgehead atoms. The van der Waals surface area contributed by atoms with Gasteiger partial charge < -0.3 is 4.74 Å². The summed E-state index contributed by atoms with van der Waals surface area (Å²) in [6, 6.07) is 12.6. The van der Waals surface area contributed by atoms with Crippen LogP contribution in [0.4, 0.5) is 0 Å². The normalized spacial score (nSPS) is 11.5. The summed E-state index contributed by atoms with van der Waals surface area (Å²) < 4.78 is 31.4. The first-order valence-electron chi connectivity index (χ1n) is 6.84. The Balaban J connectivity index is 2.02. The summed E-state index contributed by atoms with van der Waals surface area (Å²) in [7, 11) is -2.15. The van der Waals surface area contributed by atoms with Crippen LogP contribution in [0.2, 0.25) is 0 Å². The Morgan fingerprint density at radius 1 is 1.13 bits per heavy atom. The van der Waals surface area contributed by atoms with Crippen LogP contribution >= 0.6 is 0 Å². The van der Waals surface area contributed by atoms with Gasteiger partial charge in [-0.15, -0.1) is 0 Å². The van der Waals surface area contributed by atoms with Crippen molar-refractivity contribution in [3.63, 3.8) is 0 Å². The molecule has 0 aliphatic heterocycles. The Kier molecular flexibility index (Phi) is 3.87. The Bertz CT molecular complexity index is 1030. The molecule has 2 heterocycles. The number of aromatic nitrogens is 2. The van der Waals surface area contributed by atoms with Crippen molar-refractivity contribution in [3.05, 3.63) is 70.8 Å². The maximum atomic E-state index is 12.5. The largest absolute Gasteiger partial charge is 0.497 e. The van der Waals surface area contributed by atoms with Gasteiger partial charge >= 0.3 is 0 Å². The molecule has 23 heavy (non-hydrogen) atoms. The molecule has 1 aromatic carbocycles. The summed E-state index contributed by atoms with van der Waals surface area (Å²) in [4.78, 5) is 16.4. The van der Waals surface area contributed by atoms with E-state index >= 15 is 0 Å². The van der Waals surface area contributed by atoms with Crippen LogP contribution in [0.5, 0.6) is 5.75 Å². The third-order valence-electron chi connectivity index (χ3n) is 3.36. The first-order chi connectivity index (χ1) is 11.0. The van der Waals surface area contributed by atoms with Crippen LogP contribution in [0.1, 0.15) is 5.69 Å². The highest BCUT2D eigenvalue weighted by molar-refractivity contribution is 7.90. The first kappa shape index (κ1) is 15.2. The molecule has 7 heteroatoms. The van der Waals surface area contributed by atoms with E-state index in [4.69, 9.17) is 4.74 Å². The van der Waals surface area contributed by atoms with Crippen molar-refractivity contribution in [1.29, 1.82) is 0 Å². The van der Waals surface area contributed by atoms with E-state index in [1.165, 1.54) is 29.7 Å². The molecule has 0 saturated heterocycles. The number of hydrogen-bond donors (Lipinski definition) is 0. The highest BCUT2D eigenvalue weighted by atomic mass is 32.2. The third kappa shape index (κ3) is 3.09. The summed E-state index contributed by atoms with van der Waals surface area (Å²) in [5.74, 6) is 0.110. The minimum Gasteiger partial charge on any atom is -0.497 e. The molecule has 0 aliphatic rings. The molecule has 0 spiro atoms. The van der Waals surface area contributed by atoms with Crippen LogP contribution < -0.4 is 10.3 Å². The van der Waals surface area contributed by atoms with Gasteiger partial charge in [0.1, 0.15) is 11.4 Å². The molecular formula is C16H14N2O4S. The lowest BCUT2D eigenvalue weighted by molar-refractivity contribution is 0.413. The number of rotatable bonds is 4. The van der Waals surface area contributed by atoms with Crippen LogP contribution in [0.25, 0.3) is 5.65 Å². The maximum Gasteiger partial charge on any atom is 0.258 e. The van der Waals surface area contributed by atoms with E-state index in [-0.39, 0.29) is 21.9 Å². The quantitative estimate of drug-likeness (QED) is 0.727. The van der Waals surface area contributed by atoms with Gasteiger partial charge in [0.05, 0.1) is 23.5 Å². The third-order valence-corrected chi connectivity index (χ3v) is 5.01. The smallest absolute Gasteiger partial charge is 0.258 e. The Labute approximate surface area is 132 Å². The second-order valence-corrected chi connectivity index (χ2v) is 6.94. The van der Waals surface area contributed by atoms with E-state index in [2.05, 4.69) is 4.98 Å². The molecular weight excluding hydrogens is 316 g/mol. The van der Waals surface area contributed by atoms with Crippen LogP contribution in [-0.4, -0.2) is 24.9 Å². The van der Waals surface area contributed by atoms with Gasteiger partial charge in [0.25, 0.3) is 5.56 Å². The lowest BCUT2D eigenvalue weighted by atomic mass is 10.3. The van der Waals surface area contributed by atoms with Crippen LogP contribution in [0.15, 0.2) is 64.4 Å². The van der Waals surface area contributed by atoms with E-state index in [0.29, 0.717) is 11.4 Å². The molecule has 0 radical (unpaired) electrons. The molecule has 0 aliphatic carbocycles. The van der Waals surface area contributed by atoms with E-state index in [1.54, 1.807) is 36.5 Å². The van der Waals surface area contributed by atoms with Gasteiger partial charge in [-0.3, -0.25) is 9.20 Å². The highest BCUT2D eigenvalue weighted by Crippen LogP contribution is 2.20. The highest BCUT2D eigenvalue weighted by Gasteiger charge is 2.18. The lowest BCUT2D eigenvalue weighted by Crippen LogP contribution is -2.17. The first-order valence-corrected chi connectivity index (χ1v) is 8.49. The average Bonchev–Trinajstić information content (AvgIpc) is 2.54. The van der Waals surface area contributed by atoms with Crippen LogP contribution in [-0.2, 0) is 15.6 Å². The number of sulfone groups is 1. The summed E-state index contributed by atoms with van der Waals surface area (Å²) in [5, 5.41) is 0. The van der Waals surface area contributed by atoms with Crippen molar-refractivity contribution in [3.8, 4) is 5.75 Å². The number of fused-ring (bicyclic) bond motifs is 1. The molecule has 0 atom stereocenters. The molecule has 0 N–H and O–H groups in total. The van der Waals surface area contributed by atoms with Crippen molar-refractivity contribution >= 4 is 15.5 Å². The van der Waals surface area contributed by atoms with Crippen molar-refractivity contribution in [2.75, 3.05) is 7.11 Å². The topological polar surface area (TPSA) is 77.7 Å². The minimum absolute atomic E-state index is 0.131. The van der Waals surface area contributed by atoms with Crippen molar-refractivity contribution < 1.29 is 13.2 Å². The fraction of sp³-hybridized carbons (Fsp3) is 0.125. The van der Waals surface area contributed by atoms with Gasteiger partial charge in [0, 0.05) is 12.3 Å². The average molecular weight is 330 g/mol. The fourth-order valence-corrected chi connectivity index (χ4v) is 3.54. The van der Waals surface area contributed by atoms with Gasteiger partial charge in [-0.1, -0.05) is 12.1 Å². The van der Waals surface area contributed by atoms with Crippen molar-refractivity contribution in [2.45, 2.75) is 10.6 Å². The molecule has 3 aromatic rings. The van der Waals surface area contributed by atoms with E-state index in [9.17, 15) is 13.2 Å². The zero-order valence-electron chi connectivity index (χ0n) is 12.3. The number of hydrogen-bond acceptors (Lipinski definition) is 5. The van der Waals surface area contributed by atoms with Crippen LogP contribution in [0, 0.1) is 0 Å². The van der Waals surface area contributed by atoms with Crippen molar-refractivity contribution in [1.82, 2.24) is 9.38 Å². The predicted octanol–water partition coefficient (Wildman–Crippen LogP) is 1.68. The molecule has 0 amide bonds. The van der Waals surface area contributed by atoms with Gasteiger partial charge in [-0.25, -0.2) is 13.4 Å². The lowest BCUT2D eigenvalue weighted by Gasteiger charge is -2.07. The predicted molar refractivity (Wildman–Crippen MR) is 85.3 cm³/mol. The maximum absolute atomic E-state index is 12.5. The summed E-state index contributed by atoms with van der Waals surface area (Å²) in [6.07, 6.45) is 1.59. The number of benzene rings is 1. The zero-order chi connectivity index (χ0) is 16.4. The number of methoxy groups -OCH3 is 1. The molecule has 118 valence electrons. The fourth-order valence-electron chi connectivity index (χ4n) is 2.25. The molecule has 2 aromatic heterocycles. The molecule has 0 fully saturated rings. The standard InChI is InChI=1S/C16H14N2O4S/c1-22-13-5-4-6-14(10-13)23(20,21)11-12-9-16(19)18-8-3-2-7-15(18)17-12/h2-10H,11H2,1H3. The Hall–Kier alpha value is -2.67. The number of pyridine rings is 1. The van der Waals surface area contributed by atoms with Gasteiger partial charge in [-0.2, -0.15) is 0 Å². The molecule has 0 unspecified atom stereocenters. The summed E-state index contributed by atoms with van der Waals surface area (Å²) in [6.45, 7) is 0. The van der Waals surface area contributed by atoms with E-state index in [0.717, 1.165) is 0 Å². The monoisotopic (exact) mass is 330 g/mol.